The highest BCUT2D eigenvalue weighted by molar-refractivity contribution is 6.32. The van der Waals surface area contributed by atoms with Crippen molar-refractivity contribution < 1.29 is 9.59 Å². The Morgan fingerprint density at radius 1 is 0.468 bits per heavy atom. The average molecular weight is 817 g/mol. The topological polar surface area (TPSA) is 43.0 Å². The number of aromatic nitrogens is 2. The van der Waals surface area contributed by atoms with Crippen LogP contribution in [-0.4, -0.2) is 20.4 Å². The van der Waals surface area contributed by atoms with Crippen LogP contribution in [-0.2, 0) is 17.3 Å². The molecule has 314 valence electrons. The van der Waals surface area contributed by atoms with Crippen molar-refractivity contribution in [2.75, 3.05) is 0 Å². The molecule has 0 unspecified atom stereocenters. The van der Waals surface area contributed by atoms with Crippen LogP contribution in [0.5, 0.6) is 0 Å². The van der Waals surface area contributed by atoms with Gasteiger partial charge >= 0.3 is 0 Å². The summed E-state index contributed by atoms with van der Waals surface area (Å²) >= 11 is 0. The summed E-state index contributed by atoms with van der Waals surface area (Å²) in [6.07, 6.45) is 9.43. The summed E-state index contributed by atoms with van der Waals surface area (Å²) in [5.74, 6) is 1.94. The number of nitrogens with zero attached hydrogens (tertiary/aromatic N) is 2. The first kappa shape index (κ1) is 37.6. The molecule has 4 heteroatoms. The van der Waals surface area contributed by atoms with Crippen LogP contribution in [0.1, 0.15) is 180 Å². The van der Waals surface area contributed by atoms with Crippen LogP contribution in [0.2, 0.25) is 0 Å². The second-order valence-corrected chi connectivity index (χ2v) is 24.0. The Balaban J connectivity index is 1.28. The summed E-state index contributed by atoms with van der Waals surface area (Å²) < 4.78 is 5.23. The van der Waals surface area contributed by atoms with Crippen LogP contribution in [0.3, 0.4) is 0 Å². The molecule has 4 heterocycles. The van der Waals surface area contributed by atoms with Gasteiger partial charge in [-0.2, -0.15) is 0 Å². The smallest absolute Gasteiger partial charge is 0.166 e. The molecule has 5 aromatic carbocycles. The first-order valence-electron chi connectivity index (χ1n) is 24.0. The Labute approximate surface area is 364 Å². The van der Waals surface area contributed by atoms with Crippen LogP contribution < -0.4 is 0 Å². The van der Waals surface area contributed by atoms with E-state index in [0.717, 1.165) is 68.9 Å². The van der Waals surface area contributed by atoms with Gasteiger partial charge in [0, 0.05) is 66.1 Å². The van der Waals surface area contributed by atoms with Crippen LogP contribution in [0.25, 0.3) is 76.2 Å². The molecular weight excluding hydrogens is 757 g/mol. The Morgan fingerprint density at radius 2 is 0.871 bits per heavy atom. The van der Waals surface area contributed by atoms with Gasteiger partial charge in [-0.25, -0.2) is 0 Å². The molecule has 0 saturated heterocycles. The molecule has 0 aliphatic heterocycles. The number of hydrogen-bond donors (Lipinski definition) is 0. The molecule has 6 aliphatic rings. The minimum Gasteiger partial charge on any atom is -0.308 e. The normalized spacial score (nSPS) is 22.3. The molecule has 0 N–H and O–H groups in total. The molecule has 0 spiro atoms. The van der Waals surface area contributed by atoms with E-state index in [1.54, 1.807) is 0 Å². The molecule has 9 aromatic rings. The third-order valence-corrected chi connectivity index (χ3v) is 16.9. The Hall–Kier alpha value is -4.96. The van der Waals surface area contributed by atoms with Gasteiger partial charge in [0.15, 0.2) is 11.6 Å². The van der Waals surface area contributed by atoms with Gasteiger partial charge in [-0.05, 0) is 175 Å². The zero-order chi connectivity index (χ0) is 42.8. The largest absolute Gasteiger partial charge is 0.308 e. The SMILES string of the molecule is Cc1c2c3cc(C(C)(C)C)cc4c5cc6c(cc5n(c2c(CC(C)(C)C)c2c5cc(C(C)(C)C)cc7c8cc9c(cc8n(c12)c75)C(=O)C1CCC9CC1)c43)C(=O)C1CCC6CC1. The van der Waals surface area contributed by atoms with E-state index in [0.29, 0.717) is 23.4 Å². The number of benzene rings is 5. The number of carbonyl (C=O) groups excluding carboxylic acids is 2. The minimum absolute atomic E-state index is 0.0143. The van der Waals surface area contributed by atoms with Crippen molar-refractivity contribution in [3.8, 4) is 0 Å². The molecule has 0 radical (unpaired) electrons. The molecule has 4 aromatic heterocycles. The van der Waals surface area contributed by atoms with Gasteiger partial charge in [0.25, 0.3) is 0 Å². The van der Waals surface area contributed by atoms with Gasteiger partial charge in [0.2, 0.25) is 0 Å². The lowest BCUT2D eigenvalue weighted by molar-refractivity contribution is 0.0891. The fourth-order valence-corrected chi connectivity index (χ4v) is 13.7. The van der Waals surface area contributed by atoms with E-state index in [9.17, 15) is 9.59 Å². The Bertz CT molecular complexity index is 3490. The van der Waals surface area contributed by atoms with Gasteiger partial charge in [0.1, 0.15) is 0 Å². The minimum atomic E-state index is -0.0652. The number of hydrogen-bond acceptors (Lipinski definition) is 2. The predicted molar refractivity (Wildman–Crippen MR) is 259 cm³/mol. The van der Waals surface area contributed by atoms with Gasteiger partial charge in [-0.1, -0.05) is 62.3 Å². The lowest BCUT2D eigenvalue weighted by Crippen LogP contribution is -2.15. The summed E-state index contributed by atoms with van der Waals surface area (Å²) in [6, 6.07) is 19.6. The Kier molecular flexibility index (Phi) is 7.14. The third-order valence-electron chi connectivity index (χ3n) is 16.9. The monoisotopic (exact) mass is 816 g/mol. The summed E-state index contributed by atoms with van der Waals surface area (Å²) in [7, 11) is 0. The number of rotatable bonds is 1. The first-order valence-corrected chi connectivity index (χ1v) is 24.0. The molecule has 6 aliphatic carbocycles. The third kappa shape index (κ3) is 4.75. The van der Waals surface area contributed by atoms with Crippen molar-refractivity contribution >= 4 is 87.8 Å². The first-order chi connectivity index (χ1) is 29.4. The molecular formula is C58H60N2O2. The fourth-order valence-electron chi connectivity index (χ4n) is 13.7. The van der Waals surface area contributed by atoms with Gasteiger partial charge in [-0.15, -0.1) is 0 Å². The zero-order valence-electron chi connectivity index (χ0n) is 38.5. The van der Waals surface area contributed by atoms with Crippen molar-refractivity contribution in [3.05, 3.63) is 93.0 Å². The summed E-state index contributed by atoms with van der Waals surface area (Å²) in [6.45, 7) is 23.7. The molecule has 0 atom stereocenters. The van der Waals surface area contributed by atoms with Crippen LogP contribution in [0.15, 0.2) is 48.5 Å². The van der Waals surface area contributed by atoms with Crippen molar-refractivity contribution in [2.24, 2.45) is 17.3 Å². The number of Topliss-reactive ketones (excluding diaryl/α,β-unsaturated/α-hetero) is 2. The van der Waals surface area contributed by atoms with Crippen LogP contribution in [0.4, 0.5) is 0 Å². The van der Waals surface area contributed by atoms with Gasteiger partial charge < -0.3 is 8.80 Å². The van der Waals surface area contributed by atoms with Crippen molar-refractivity contribution in [2.45, 2.75) is 150 Å². The zero-order valence-corrected chi connectivity index (χ0v) is 38.5. The van der Waals surface area contributed by atoms with E-state index in [-0.39, 0.29) is 28.1 Å². The summed E-state index contributed by atoms with van der Waals surface area (Å²) in [5.41, 5.74) is 17.3. The van der Waals surface area contributed by atoms with Crippen LogP contribution in [0, 0.1) is 24.2 Å². The molecule has 0 amide bonds. The highest BCUT2D eigenvalue weighted by Gasteiger charge is 2.39. The predicted octanol–water partition coefficient (Wildman–Crippen LogP) is 15.4. The lowest BCUT2D eigenvalue weighted by Gasteiger charge is -2.23. The molecule has 2 fully saturated rings. The average Bonchev–Trinajstić information content (AvgIpc) is 3.86. The molecule has 2 saturated carbocycles. The van der Waals surface area contributed by atoms with E-state index < -0.39 is 0 Å². The molecule has 4 bridgehead atoms. The van der Waals surface area contributed by atoms with Gasteiger partial charge in [-0.3, -0.25) is 9.59 Å². The fraction of sp³-hybridized carbons (Fsp3) is 0.448. The number of aryl methyl sites for hydroxylation is 1. The Morgan fingerprint density at radius 3 is 1.31 bits per heavy atom. The second-order valence-electron chi connectivity index (χ2n) is 24.0. The number of fused-ring (bicyclic) bond motifs is 16. The number of carbonyl (C=O) groups is 2. The van der Waals surface area contributed by atoms with E-state index in [1.165, 1.54) is 110 Å². The molecule has 4 nitrogen and oxygen atoms in total. The van der Waals surface area contributed by atoms with Crippen LogP contribution >= 0.6 is 0 Å². The van der Waals surface area contributed by atoms with Crippen molar-refractivity contribution in [1.29, 1.82) is 0 Å². The standard InChI is InChI=1S/C58H60N2O2/c1-28-48-43-21-33(57(5,6)7)19-39-38-24-36-30-13-17-32(18-14-30)55(62)42(36)26-47(38)60(51(39)43)53(48)45(27-56(2,3)4)49-44-22-34(58(8,9)10)20-40-37-23-35-29-11-15-31(16-12-29)54(61)41(35)25-46(37)59(50(28)49)52(40)44/h19-26,29-32H,11-18,27H2,1-10H3. The van der Waals surface area contributed by atoms with E-state index in [4.69, 9.17) is 0 Å². The second kappa shape index (κ2) is 11.8. The van der Waals surface area contributed by atoms with Crippen molar-refractivity contribution in [3.63, 3.8) is 0 Å². The maximum absolute atomic E-state index is 14.4. The summed E-state index contributed by atoms with van der Waals surface area (Å²) in [4.78, 5) is 28.8. The maximum Gasteiger partial charge on any atom is 0.166 e. The quantitative estimate of drug-likeness (QED) is 0.166. The number of ketones is 2. The summed E-state index contributed by atoms with van der Waals surface area (Å²) in [5, 5.41) is 10.5. The highest BCUT2D eigenvalue weighted by atomic mass is 16.1. The van der Waals surface area contributed by atoms with Gasteiger partial charge in [0.05, 0.1) is 33.1 Å². The maximum atomic E-state index is 14.4. The highest BCUT2D eigenvalue weighted by Crippen LogP contribution is 2.54. The molecule has 15 rings (SSSR count). The van der Waals surface area contributed by atoms with E-state index in [2.05, 4.69) is 127 Å². The van der Waals surface area contributed by atoms with E-state index in [1.807, 2.05) is 0 Å². The van der Waals surface area contributed by atoms with Crippen molar-refractivity contribution in [1.82, 2.24) is 8.80 Å². The molecule has 62 heavy (non-hydrogen) atoms. The van der Waals surface area contributed by atoms with E-state index >= 15 is 0 Å². The lowest BCUT2D eigenvalue weighted by atomic mass is 9.81.